The minimum Gasteiger partial charge on any atom is -0.469 e. The fraction of sp³-hybridized carbons (Fsp3) is 0.697. The molecule has 16 nitrogen and oxygen atoms in total. The predicted molar refractivity (Wildman–Crippen MR) is 178 cm³/mol. The van der Waals surface area contributed by atoms with Crippen molar-refractivity contribution in [1.29, 1.82) is 0 Å². The number of rotatable bonds is 11. The highest BCUT2D eigenvalue weighted by Crippen LogP contribution is 2.60. The molecule has 50 heavy (non-hydrogen) atoms. The smallest absolute Gasteiger partial charge is 0.305 e. The first-order valence-electron chi connectivity index (χ1n) is 17.1. The lowest BCUT2D eigenvalue weighted by Crippen LogP contribution is -2.60. The molecule has 1 aromatic rings. The molecule has 0 bridgehead atoms. The molecule has 3 amide bonds. The largest absolute Gasteiger partial charge is 0.469 e. The Bertz CT molecular complexity index is 1460. The van der Waals surface area contributed by atoms with Crippen LogP contribution in [0.3, 0.4) is 0 Å². The van der Waals surface area contributed by atoms with E-state index in [-0.39, 0.29) is 49.6 Å². The normalized spacial score (nSPS) is 34.0. The van der Waals surface area contributed by atoms with Crippen molar-refractivity contribution in [2.75, 3.05) is 37.0 Å². The van der Waals surface area contributed by atoms with Crippen LogP contribution in [0, 0.1) is 5.92 Å². The van der Waals surface area contributed by atoms with Gasteiger partial charge in [-0.3, -0.25) is 19.2 Å². The molecule has 0 aliphatic carbocycles. The Labute approximate surface area is 291 Å². The van der Waals surface area contributed by atoms with Crippen molar-refractivity contribution in [2.24, 2.45) is 5.92 Å². The second-order valence-corrected chi connectivity index (χ2v) is 18.2. The van der Waals surface area contributed by atoms with Gasteiger partial charge in [-0.15, -0.1) is 0 Å². The number of fused-ring (bicyclic) bond motifs is 2. The number of hydrogen-bond acceptors (Lipinski definition) is 13. The van der Waals surface area contributed by atoms with E-state index in [1.54, 1.807) is 42.0 Å². The lowest BCUT2D eigenvalue weighted by atomic mass is 9.82. The maximum absolute atomic E-state index is 14.7. The number of benzene rings is 1. The van der Waals surface area contributed by atoms with Crippen LogP contribution in [0.25, 0.3) is 0 Å². The lowest BCUT2D eigenvalue weighted by Gasteiger charge is -2.37. The zero-order valence-electron chi connectivity index (χ0n) is 28.7. The number of carbonyl (C=O) groups is 4. The first kappa shape index (κ1) is 38.2. The number of unbranched alkanes of at least 4 members (excludes halogenated alkanes) is 1. The van der Waals surface area contributed by atoms with Gasteiger partial charge in [0.25, 0.3) is 11.8 Å². The molecule has 4 aliphatic rings. The molecule has 4 aliphatic heterocycles. The molecule has 0 unspecified atom stereocenters. The first-order valence-corrected chi connectivity index (χ1v) is 20.1. The highest BCUT2D eigenvalue weighted by Gasteiger charge is 2.66. The molecule has 1 aromatic carbocycles. The predicted octanol–water partition coefficient (Wildman–Crippen LogP) is -0.714. The molecular formula is C33H49N3O13Si. The third kappa shape index (κ3) is 6.94. The number of aliphatic hydroxyl groups is 5. The summed E-state index contributed by atoms with van der Waals surface area (Å²) >= 11 is 0. The van der Waals surface area contributed by atoms with Crippen LogP contribution in [0.5, 0.6) is 0 Å². The summed E-state index contributed by atoms with van der Waals surface area (Å²) in [5, 5.41) is 52.7. The highest BCUT2D eigenvalue weighted by molar-refractivity contribution is 6.71. The number of hydrogen-bond donors (Lipinski definition) is 7. The van der Waals surface area contributed by atoms with Crippen LogP contribution in [0.4, 0.5) is 11.4 Å². The summed E-state index contributed by atoms with van der Waals surface area (Å²) in [5.41, 5.74) is -1.22. The van der Waals surface area contributed by atoms with Crippen LogP contribution >= 0.6 is 0 Å². The van der Waals surface area contributed by atoms with Crippen molar-refractivity contribution < 1.29 is 63.7 Å². The standard InChI is InChI=1S/C33H49N3O13Si/c1-17-29(50(3,4)46)22(15-23(38)35-13-7-8-19(35)16-37)49-33(17)20-14-18(34-30(43)28-26(41)25(40)27(42)31(44)48-28)10-11-21(20)36(32(33)45)12-6-5-9-24(39)47-2/h10-11,14,17,19,22,25-29,31,37,40-42,44,46H,5-9,12-13,15-16H2,1-4H3,(H,34,43)/t17-,19-,22+,25-,26-,27+,28-,29-,31+,33+/m0/s1. The van der Waals surface area contributed by atoms with Crippen LogP contribution in [0.1, 0.15) is 51.0 Å². The number of anilines is 2. The SMILES string of the molecule is COC(=O)CCCCN1C(=O)[C@]2(O[C@H](CC(=O)N3CCC[C@H]3CO)[C@@H]([Si](C)(C)O)[C@@H]2C)c2cc(NC(=O)[C@H]3O[C@@H](O)[C@H](O)[C@@H](O)[C@@H]3O)ccc21. The van der Waals surface area contributed by atoms with E-state index in [2.05, 4.69) is 5.32 Å². The molecule has 3 fully saturated rings. The molecule has 0 aromatic heterocycles. The second-order valence-electron chi connectivity index (χ2n) is 14.3. The van der Waals surface area contributed by atoms with Crippen LogP contribution < -0.4 is 10.2 Å². The van der Waals surface area contributed by atoms with E-state index in [9.17, 15) is 49.5 Å². The van der Waals surface area contributed by atoms with E-state index in [1.165, 1.54) is 13.2 Å². The molecule has 278 valence electrons. The van der Waals surface area contributed by atoms with E-state index in [0.717, 1.165) is 6.42 Å². The highest BCUT2D eigenvalue weighted by atomic mass is 28.4. The molecule has 10 atom stereocenters. The molecule has 3 saturated heterocycles. The van der Waals surface area contributed by atoms with Gasteiger partial charge in [-0.05, 0) is 57.0 Å². The number of aliphatic hydroxyl groups excluding tert-OH is 5. The number of nitrogens with one attached hydrogen (secondary N) is 1. The van der Waals surface area contributed by atoms with Crippen molar-refractivity contribution in [2.45, 2.75) is 113 Å². The Morgan fingerprint density at radius 1 is 1.10 bits per heavy atom. The number of amides is 3. The topological polar surface area (TPSA) is 236 Å². The molecule has 1 spiro atoms. The molecule has 0 radical (unpaired) electrons. The van der Waals surface area contributed by atoms with Crippen LogP contribution in [-0.4, -0.2) is 137 Å². The third-order valence-corrected chi connectivity index (χ3v) is 13.1. The molecule has 17 heteroatoms. The summed E-state index contributed by atoms with van der Waals surface area (Å²) in [4.78, 5) is 68.0. The van der Waals surface area contributed by atoms with Crippen LogP contribution in [0.15, 0.2) is 18.2 Å². The fourth-order valence-electron chi connectivity index (χ4n) is 8.15. The molecule has 4 heterocycles. The summed E-state index contributed by atoms with van der Waals surface area (Å²) in [6.45, 7) is 5.80. The first-order chi connectivity index (χ1) is 23.6. The number of esters is 1. The summed E-state index contributed by atoms with van der Waals surface area (Å²) in [6.07, 6.45) is -7.71. The molecule has 5 rings (SSSR count). The van der Waals surface area contributed by atoms with E-state index in [4.69, 9.17) is 14.2 Å². The maximum atomic E-state index is 14.7. The third-order valence-electron chi connectivity index (χ3n) is 10.6. The van der Waals surface area contributed by atoms with E-state index < -0.39 is 74.0 Å². The van der Waals surface area contributed by atoms with E-state index in [0.29, 0.717) is 37.1 Å². The summed E-state index contributed by atoms with van der Waals surface area (Å²) in [5.74, 6) is -2.61. The number of likely N-dealkylation sites (tertiary alicyclic amines) is 1. The number of methoxy groups -OCH3 is 1. The van der Waals surface area contributed by atoms with Crippen molar-refractivity contribution in [3.8, 4) is 0 Å². The molecule has 0 saturated carbocycles. The Kier molecular flexibility index (Phi) is 11.4. The minimum atomic E-state index is -3.13. The summed E-state index contributed by atoms with van der Waals surface area (Å²) in [6, 6.07) is 4.37. The zero-order chi connectivity index (χ0) is 36.7. The Hall–Kier alpha value is -3.00. The van der Waals surface area contributed by atoms with E-state index >= 15 is 0 Å². The molecule has 7 N–H and O–H groups in total. The van der Waals surface area contributed by atoms with Gasteiger partial charge >= 0.3 is 5.97 Å². The van der Waals surface area contributed by atoms with Gasteiger partial charge in [0, 0.05) is 42.2 Å². The number of ether oxygens (including phenoxy) is 3. The monoisotopic (exact) mass is 723 g/mol. The van der Waals surface area contributed by atoms with Gasteiger partial charge in [-0.1, -0.05) is 6.92 Å². The second kappa shape index (κ2) is 14.9. The quantitative estimate of drug-likeness (QED) is 0.0850. The summed E-state index contributed by atoms with van der Waals surface area (Å²) < 4.78 is 16.6. The van der Waals surface area contributed by atoms with Gasteiger partial charge in [0.1, 0.15) is 18.3 Å². The van der Waals surface area contributed by atoms with Crippen molar-refractivity contribution in [1.82, 2.24) is 4.90 Å². The average molecular weight is 724 g/mol. The lowest BCUT2D eigenvalue weighted by molar-refractivity contribution is -0.274. The number of nitrogens with zero attached hydrogens (tertiary/aromatic N) is 2. The van der Waals surface area contributed by atoms with Gasteiger partial charge in [0.05, 0.1) is 38.0 Å². The van der Waals surface area contributed by atoms with Gasteiger partial charge in [0.15, 0.2) is 26.3 Å². The van der Waals surface area contributed by atoms with Crippen molar-refractivity contribution in [3.63, 3.8) is 0 Å². The van der Waals surface area contributed by atoms with Crippen LogP contribution in [-0.2, 0) is 39.0 Å². The zero-order valence-corrected chi connectivity index (χ0v) is 29.7. The summed E-state index contributed by atoms with van der Waals surface area (Å²) in [7, 11) is -1.84. The van der Waals surface area contributed by atoms with Gasteiger partial charge in [0.2, 0.25) is 5.91 Å². The minimum absolute atomic E-state index is 0.115. The van der Waals surface area contributed by atoms with Gasteiger partial charge in [-0.25, -0.2) is 0 Å². The number of carbonyl (C=O) groups excluding carboxylic acids is 4. The molecular weight excluding hydrogens is 674 g/mol. The van der Waals surface area contributed by atoms with E-state index in [1.807, 2.05) is 0 Å². The van der Waals surface area contributed by atoms with Gasteiger partial charge < -0.3 is 59.7 Å². The Balaban J connectivity index is 1.49. The van der Waals surface area contributed by atoms with Crippen molar-refractivity contribution >= 4 is 43.4 Å². The maximum Gasteiger partial charge on any atom is 0.305 e. The van der Waals surface area contributed by atoms with Gasteiger partial charge in [-0.2, -0.15) is 0 Å². The van der Waals surface area contributed by atoms with Crippen LogP contribution in [0.2, 0.25) is 18.6 Å². The van der Waals surface area contributed by atoms with Crippen molar-refractivity contribution in [3.05, 3.63) is 23.8 Å². The Morgan fingerprint density at radius 3 is 2.48 bits per heavy atom. The fourth-order valence-corrected chi connectivity index (χ4v) is 10.7. The average Bonchev–Trinajstić information content (AvgIpc) is 3.73. The Morgan fingerprint density at radius 2 is 1.82 bits per heavy atom.